The zero-order valence-electron chi connectivity index (χ0n) is 11.1. The van der Waals surface area contributed by atoms with Crippen molar-refractivity contribution in [2.45, 2.75) is 6.54 Å². The molecule has 0 radical (unpaired) electrons. The molecule has 0 atom stereocenters. The molecule has 3 nitrogen and oxygen atoms in total. The quantitative estimate of drug-likeness (QED) is 0.933. The van der Waals surface area contributed by atoms with E-state index in [4.69, 9.17) is 10.5 Å². The fourth-order valence-electron chi connectivity index (χ4n) is 1.89. The summed E-state index contributed by atoms with van der Waals surface area (Å²) >= 11 is 3.59. The molecule has 0 aliphatic carbocycles. The van der Waals surface area contributed by atoms with E-state index in [2.05, 4.69) is 33.0 Å². The van der Waals surface area contributed by atoms with Gasteiger partial charge >= 0.3 is 0 Å². The van der Waals surface area contributed by atoms with Crippen molar-refractivity contribution < 1.29 is 4.74 Å². The molecule has 100 valence electrons. The van der Waals surface area contributed by atoms with Crippen molar-refractivity contribution in [1.82, 2.24) is 0 Å². The molecule has 2 N–H and O–H groups in total. The summed E-state index contributed by atoms with van der Waals surface area (Å²) in [6.45, 7) is 0.547. The van der Waals surface area contributed by atoms with Crippen LogP contribution in [-0.4, -0.2) is 14.2 Å². The smallest absolute Gasteiger partial charge is 0.119 e. The van der Waals surface area contributed by atoms with Crippen molar-refractivity contribution in [1.29, 1.82) is 0 Å². The lowest BCUT2D eigenvalue weighted by Gasteiger charge is -2.21. The lowest BCUT2D eigenvalue weighted by atomic mass is 10.2. The summed E-state index contributed by atoms with van der Waals surface area (Å²) in [6, 6.07) is 14.1. The van der Waals surface area contributed by atoms with Gasteiger partial charge in [-0.1, -0.05) is 6.07 Å². The van der Waals surface area contributed by atoms with E-state index in [1.165, 1.54) is 0 Å². The molecule has 0 bridgehead atoms. The van der Waals surface area contributed by atoms with Crippen LogP contribution in [0.15, 0.2) is 46.9 Å². The van der Waals surface area contributed by atoms with Gasteiger partial charge in [-0.3, -0.25) is 0 Å². The Morgan fingerprint density at radius 1 is 1.16 bits per heavy atom. The summed E-state index contributed by atoms with van der Waals surface area (Å²) in [5, 5.41) is 0. The van der Waals surface area contributed by atoms with Crippen LogP contribution in [0.3, 0.4) is 0 Å². The van der Waals surface area contributed by atoms with E-state index in [9.17, 15) is 0 Å². The molecular formula is C15H17BrN2O. The van der Waals surface area contributed by atoms with Gasteiger partial charge in [0.05, 0.1) is 12.8 Å². The van der Waals surface area contributed by atoms with Gasteiger partial charge in [0.15, 0.2) is 0 Å². The molecule has 0 heterocycles. The third kappa shape index (κ3) is 3.08. The Balaban J connectivity index is 2.29. The molecule has 4 heteroatoms. The molecule has 2 rings (SSSR count). The number of methoxy groups -OCH3 is 1. The number of hydrogen-bond donors (Lipinski definition) is 1. The van der Waals surface area contributed by atoms with Crippen LogP contribution in [0.25, 0.3) is 0 Å². The predicted molar refractivity (Wildman–Crippen MR) is 83.1 cm³/mol. The number of anilines is 2. The molecule has 0 unspecified atom stereocenters. The Morgan fingerprint density at radius 3 is 2.37 bits per heavy atom. The van der Waals surface area contributed by atoms with E-state index in [-0.39, 0.29) is 0 Å². The molecule has 0 amide bonds. The fraction of sp³-hybridized carbons (Fsp3) is 0.200. The number of benzene rings is 2. The number of halogens is 1. The molecule has 0 aromatic heterocycles. The van der Waals surface area contributed by atoms with Crippen LogP contribution in [0.2, 0.25) is 0 Å². The predicted octanol–water partition coefficient (Wildman–Crippen LogP) is 3.68. The number of nitrogens with zero attached hydrogens (tertiary/aromatic N) is 1. The van der Waals surface area contributed by atoms with Crippen molar-refractivity contribution in [2.75, 3.05) is 19.1 Å². The zero-order valence-corrected chi connectivity index (χ0v) is 12.6. The van der Waals surface area contributed by atoms with Gasteiger partial charge in [0.2, 0.25) is 0 Å². The van der Waals surface area contributed by atoms with E-state index < -0.39 is 0 Å². The van der Waals surface area contributed by atoms with Gasteiger partial charge in [0, 0.05) is 23.8 Å². The highest BCUT2D eigenvalue weighted by Gasteiger charge is 2.08. The SMILES string of the molecule is COc1ccc(N(C)c2ccc(CN)cc2Br)cc1. The normalized spacial score (nSPS) is 10.3. The minimum absolute atomic E-state index is 0.547. The number of ether oxygens (including phenoxy) is 1. The van der Waals surface area contributed by atoms with Gasteiger partial charge in [0.25, 0.3) is 0 Å². The second kappa shape index (κ2) is 6.08. The van der Waals surface area contributed by atoms with E-state index >= 15 is 0 Å². The van der Waals surface area contributed by atoms with Crippen LogP contribution in [0, 0.1) is 0 Å². The summed E-state index contributed by atoms with van der Waals surface area (Å²) in [5.74, 6) is 0.856. The highest BCUT2D eigenvalue weighted by Crippen LogP contribution is 2.32. The first-order chi connectivity index (χ1) is 9.15. The van der Waals surface area contributed by atoms with Crippen LogP contribution >= 0.6 is 15.9 Å². The first kappa shape index (κ1) is 13.9. The first-order valence-electron chi connectivity index (χ1n) is 6.02. The Labute approximate surface area is 122 Å². The van der Waals surface area contributed by atoms with Crippen LogP contribution in [0.1, 0.15) is 5.56 Å². The number of nitrogens with two attached hydrogens (primary N) is 1. The Hall–Kier alpha value is -1.52. The van der Waals surface area contributed by atoms with Gasteiger partial charge in [-0.15, -0.1) is 0 Å². The topological polar surface area (TPSA) is 38.5 Å². The average Bonchev–Trinajstić information content (AvgIpc) is 2.46. The number of hydrogen-bond acceptors (Lipinski definition) is 3. The van der Waals surface area contributed by atoms with Gasteiger partial charge in [-0.2, -0.15) is 0 Å². The van der Waals surface area contributed by atoms with Crippen molar-refractivity contribution in [3.8, 4) is 5.75 Å². The summed E-state index contributed by atoms with van der Waals surface area (Å²) < 4.78 is 6.20. The largest absolute Gasteiger partial charge is 0.497 e. The summed E-state index contributed by atoms with van der Waals surface area (Å²) in [5.41, 5.74) is 8.95. The van der Waals surface area contributed by atoms with Crippen molar-refractivity contribution in [2.24, 2.45) is 5.73 Å². The summed E-state index contributed by atoms with van der Waals surface area (Å²) in [6.07, 6.45) is 0. The molecule has 19 heavy (non-hydrogen) atoms. The third-order valence-electron chi connectivity index (χ3n) is 3.07. The minimum Gasteiger partial charge on any atom is -0.497 e. The number of rotatable bonds is 4. The third-order valence-corrected chi connectivity index (χ3v) is 3.70. The molecule has 0 saturated heterocycles. The lowest BCUT2D eigenvalue weighted by Crippen LogP contribution is -2.10. The van der Waals surface area contributed by atoms with Crippen LogP contribution in [0.4, 0.5) is 11.4 Å². The van der Waals surface area contributed by atoms with Gasteiger partial charge in [0.1, 0.15) is 5.75 Å². The zero-order chi connectivity index (χ0) is 13.8. The Bertz CT molecular complexity index is 555. The maximum absolute atomic E-state index is 5.64. The van der Waals surface area contributed by atoms with E-state index in [1.807, 2.05) is 37.4 Å². The van der Waals surface area contributed by atoms with Crippen LogP contribution in [0.5, 0.6) is 5.75 Å². The molecular weight excluding hydrogens is 304 g/mol. The van der Waals surface area contributed by atoms with Gasteiger partial charge in [-0.05, 0) is 57.9 Å². The molecule has 0 spiro atoms. The molecule has 0 aliphatic rings. The van der Waals surface area contributed by atoms with E-state index in [0.717, 1.165) is 27.2 Å². The minimum atomic E-state index is 0.547. The molecule has 2 aromatic rings. The second-order valence-electron chi connectivity index (χ2n) is 4.25. The maximum atomic E-state index is 5.64. The first-order valence-corrected chi connectivity index (χ1v) is 6.81. The molecule has 0 fully saturated rings. The van der Waals surface area contributed by atoms with Gasteiger partial charge in [-0.25, -0.2) is 0 Å². The van der Waals surface area contributed by atoms with E-state index in [1.54, 1.807) is 7.11 Å². The average molecular weight is 321 g/mol. The van der Waals surface area contributed by atoms with Crippen molar-refractivity contribution >= 4 is 27.3 Å². The molecule has 0 aliphatic heterocycles. The van der Waals surface area contributed by atoms with Crippen molar-refractivity contribution in [3.63, 3.8) is 0 Å². The maximum Gasteiger partial charge on any atom is 0.119 e. The monoisotopic (exact) mass is 320 g/mol. The summed E-state index contributed by atoms with van der Waals surface area (Å²) in [7, 11) is 3.70. The molecule has 0 saturated carbocycles. The Morgan fingerprint density at radius 2 is 1.84 bits per heavy atom. The second-order valence-corrected chi connectivity index (χ2v) is 5.10. The van der Waals surface area contributed by atoms with E-state index in [0.29, 0.717) is 6.54 Å². The standard InChI is InChI=1S/C15H17BrN2O/c1-18(12-4-6-13(19-2)7-5-12)15-8-3-11(10-17)9-14(15)16/h3-9H,10,17H2,1-2H3. The van der Waals surface area contributed by atoms with Crippen LogP contribution in [-0.2, 0) is 6.54 Å². The van der Waals surface area contributed by atoms with Crippen LogP contribution < -0.4 is 15.4 Å². The van der Waals surface area contributed by atoms with Crippen molar-refractivity contribution in [3.05, 3.63) is 52.5 Å². The highest BCUT2D eigenvalue weighted by molar-refractivity contribution is 9.10. The fourth-order valence-corrected chi connectivity index (χ4v) is 2.59. The lowest BCUT2D eigenvalue weighted by molar-refractivity contribution is 0.415. The summed E-state index contributed by atoms with van der Waals surface area (Å²) in [4.78, 5) is 2.11. The molecule has 2 aromatic carbocycles. The van der Waals surface area contributed by atoms with Gasteiger partial charge < -0.3 is 15.4 Å². The Kier molecular flexibility index (Phi) is 4.45. The highest BCUT2D eigenvalue weighted by atomic mass is 79.9.